The zero-order chi connectivity index (χ0) is 20.2. The van der Waals surface area contributed by atoms with E-state index in [1.54, 1.807) is 24.5 Å². The van der Waals surface area contributed by atoms with E-state index in [2.05, 4.69) is 20.4 Å². The number of hydrogen-bond donors (Lipinski definition) is 1. The molecule has 0 fully saturated rings. The van der Waals surface area contributed by atoms with Crippen molar-refractivity contribution in [3.63, 3.8) is 0 Å². The molecule has 1 atom stereocenters. The number of nitrogens with zero attached hydrogens (tertiary/aromatic N) is 3. The summed E-state index contributed by atoms with van der Waals surface area (Å²) in [7, 11) is 0. The van der Waals surface area contributed by atoms with Crippen molar-refractivity contribution >= 4 is 11.6 Å². The SMILES string of the molecule is CCOc1cc2c(cc1NC(=O)CCc1nc(-c3ccncc3)no1)OC(C)C2. The Hall–Kier alpha value is -3.42. The van der Waals surface area contributed by atoms with Gasteiger partial charge in [-0.2, -0.15) is 4.98 Å². The van der Waals surface area contributed by atoms with Crippen LogP contribution in [0.25, 0.3) is 11.4 Å². The molecule has 0 spiro atoms. The van der Waals surface area contributed by atoms with Crippen LogP contribution >= 0.6 is 0 Å². The van der Waals surface area contributed by atoms with Crippen LogP contribution in [0.5, 0.6) is 11.5 Å². The van der Waals surface area contributed by atoms with Crippen LogP contribution in [0.1, 0.15) is 31.7 Å². The molecule has 0 bridgehead atoms. The fourth-order valence-electron chi connectivity index (χ4n) is 3.22. The molecular formula is C21H22N4O4. The number of nitrogens with one attached hydrogen (secondary N) is 1. The quantitative estimate of drug-likeness (QED) is 0.655. The number of aryl methyl sites for hydroxylation is 1. The predicted molar refractivity (Wildman–Crippen MR) is 106 cm³/mol. The zero-order valence-corrected chi connectivity index (χ0v) is 16.3. The van der Waals surface area contributed by atoms with Gasteiger partial charge in [0.25, 0.3) is 0 Å². The smallest absolute Gasteiger partial charge is 0.227 e. The number of pyridine rings is 1. The van der Waals surface area contributed by atoms with Crippen molar-refractivity contribution in [2.75, 3.05) is 11.9 Å². The number of rotatable bonds is 7. The molecule has 3 heterocycles. The van der Waals surface area contributed by atoms with Gasteiger partial charge < -0.3 is 19.3 Å². The summed E-state index contributed by atoms with van der Waals surface area (Å²) in [5, 5.41) is 6.86. The lowest BCUT2D eigenvalue weighted by atomic mass is 10.1. The van der Waals surface area contributed by atoms with Crippen LogP contribution in [0, 0.1) is 0 Å². The number of amides is 1. The van der Waals surface area contributed by atoms with Crippen molar-refractivity contribution in [2.45, 2.75) is 39.2 Å². The van der Waals surface area contributed by atoms with Crippen LogP contribution in [0.4, 0.5) is 5.69 Å². The van der Waals surface area contributed by atoms with Gasteiger partial charge in [0.2, 0.25) is 17.6 Å². The highest BCUT2D eigenvalue weighted by molar-refractivity contribution is 5.92. The number of ether oxygens (including phenoxy) is 2. The molecule has 0 radical (unpaired) electrons. The van der Waals surface area contributed by atoms with Crippen molar-refractivity contribution in [3.05, 3.63) is 48.1 Å². The average molecular weight is 394 g/mol. The lowest BCUT2D eigenvalue weighted by molar-refractivity contribution is -0.116. The monoisotopic (exact) mass is 394 g/mol. The minimum Gasteiger partial charge on any atom is -0.492 e. The summed E-state index contributed by atoms with van der Waals surface area (Å²) in [5.41, 5.74) is 2.51. The molecule has 8 heteroatoms. The third kappa shape index (κ3) is 4.37. The third-order valence-corrected chi connectivity index (χ3v) is 4.54. The van der Waals surface area contributed by atoms with Gasteiger partial charge in [-0.3, -0.25) is 9.78 Å². The number of carbonyl (C=O) groups excluding carboxylic acids is 1. The Morgan fingerprint density at radius 3 is 2.93 bits per heavy atom. The highest BCUT2D eigenvalue weighted by Crippen LogP contribution is 2.38. The number of fused-ring (bicyclic) bond motifs is 1. The molecule has 1 aromatic carbocycles. The maximum absolute atomic E-state index is 12.5. The van der Waals surface area contributed by atoms with E-state index < -0.39 is 0 Å². The van der Waals surface area contributed by atoms with E-state index in [9.17, 15) is 4.79 Å². The zero-order valence-electron chi connectivity index (χ0n) is 16.3. The summed E-state index contributed by atoms with van der Waals surface area (Å²) in [6.45, 7) is 4.44. The molecule has 8 nitrogen and oxygen atoms in total. The topological polar surface area (TPSA) is 99.4 Å². The molecule has 150 valence electrons. The first-order valence-corrected chi connectivity index (χ1v) is 9.61. The number of aromatic nitrogens is 3. The van der Waals surface area contributed by atoms with Crippen molar-refractivity contribution in [3.8, 4) is 22.9 Å². The van der Waals surface area contributed by atoms with E-state index in [4.69, 9.17) is 14.0 Å². The Morgan fingerprint density at radius 1 is 1.31 bits per heavy atom. The van der Waals surface area contributed by atoms with Gasteiger partial charge in [0.1, 0.15) is 17.6 Å². The normalized spacial score (nSPS) is 14.9. The lowest BCUT2D eigenvalue weighted by Gasteiger charge is -2.13. The van der Waals surface area contributed by atoms with Crippen LogP contribution in [-0.2, 0) is 17.6 Å². The fraction of sp³-hybridized carbons (Fsp3) is 0.333. The Bertz CT molecular complexity index is 1000. The molecule has 1 amide bonds. The number of carbonyl (C=O) groups is 1. The van der Waals surface area contributed by atoms with Gasteiger partial charge in [-0.15, -0.1) is 0 Å². The first kappa shape index (κ1) is 18.9. The van der Waals surface area contributed by atoms with Crippen LogP contribution < -0.4 is 14.8 Å². The van der Waals surface area contributed by atoms with E-state index in [1.807, 2.05) is 26.0 Å². The highest BCUT2D eigenvalue weighted by Gasteiger charge is 2.22. The maximum atomic E-state index is 12.5. The van der Waals surface area contributed by atoms with Gasteiger partial charge in [0.05, 0.1) is 12.3 Å². The molecule has 1 unspecified atom stereocenters. The number of anilines is 1. The van der Waals surface area contributed by atoms with Crippen molar-refractivity contribution < 1.29 is 18.8 Å². The van der Waals surface area contributed by atoms with Crippen LogP contribution in [-0.4, -0.2) is 33.7 Å². The van der Waals surface area contributed by atoms with Gasteiger partial charge in [-0.25, -0.2) is 0 Å². The Labute approximate surface area is 168 Å². The minimum absolute atomic E-state index is 0.123. The van der Waals surface area contributed by atoms with Gasteiger partial charge in [-0.1, -0.05) is 5.16 Å². The van der Waals surface area contributed by atoms with E-state index in [0.717, 1.165) is 23.3 Å². The molecule has 1 N–H and O–H groups in total. The molecule has 29 heavy (non-hydrogen) atoms. The summed E-state index contributed by atoms with van der Waals surface area (Å²) in [4.78, 5) is 20.8. The van der Waals surface area contributed by atoms with E-state index in [1.165, 1.54) is 0 Å². The summed E-state index contributed by atoms with van der Waals surface area (Å²) >= 11 is 0. The molecule has 1 aliphatic heterocycles. The number of hydrogen-bond acceptors (Lipinski definition) is 7. The molecular weight excluding hydrogens is 372 g/mol. The fourth-order valence-corrected chi connectivity index (χ4v) is 3.22. The lowest BCUT2D eigenvalue weighted by Crippen LogP contribution is -2.13. The van der Waals surface area contributed by atoms with Crippen molar-refractivity contribution in [1.82, 2.24) is 15.1 Å². The summed E-state index contributed by atoms with van der Waals surface area (Å²) in [6, 6.07) is 7.37. The standard InChI is InChI=1S/C21H22N4O4/c1-3-27-18-11-15-10-13(2)28-17(15)12-16(18)23-19(26)4-5-20-24-21(25-29-20)14-6-8-22-9-7-14/h6-9,11-13H,3-5,10H2,1-2H3,(H,23,26). The summed E-state index contributed by atoms with van der Waals surface area (Å²) < 4.78 is 16.7. The number of benzene rings is 1. The molecule has 2 aromatic heterocycles. The van der Waals surface area contributed by atoms with Gasteiger partial charge in [0.15, 0.2) is 0 Å². The van der Waals surface area contributed by atoms with Crippen LogP contribution in [0.3, 0.4) is 0 Å². The molecule has 0 saturated heterocycles. The Morgan fingerprint density at radius 2 is 2.14 bits per heavy atom. The van der Waals surface area contributed by atoms with Gasteiger partial charge in [0, 0.05) is 48.8 Å². The molecule has 1 aliphatic rings. The second-order valence-electron chi connectivity index (χ2n) is 6.82. The van der Waals surface area contributed by atoms with Crippen molar-refractivity contribution in [2.24, 2.45) is 0 Å². The Balaban J connectivity index is 1.40. The first-order chi connectivity index (χ1) is 14.1. The maximum Gasteiger partial charge on any atom is 0.227 e. The van der Waals surface area contributed by atoms with E-state index in [-0.39, 0.29) is 18.4 Å². The molecule has 3 aromatic rings. The van der Waals surface area contributed by atoms with E-state index >= 15 is 0 Å². The third-order valence-electron chi connectivity index (χ3n) is 4.54. The van der Waals surface area contributed by atoms with Crippen LogP contribution in [0.2, 0.25) is 0 Å². The second kappa shape index (κ2) is 8.30. The second-order valence-corrected chi connectivity index (χ2v) is 6.82. The predicted octanol–water partition coefficient (Wildman–Crippen LogP) is 3.43. The van der Waals surface area contributed by atoms with Crippen LogP contribution in [0.15, 0.2) is 41.2 Å². The van der Waals surface area contributed by atoms with Gasteiger partial charge >= 0.3 is 0 Å². The molecule has 4 rings (SSSR count). The van der Waals surface area contributed by atoms with Crippen molar-refractivity contribution in [1.29, 1.82) is 0 Å². The summed E-state index contributed by atoms with van der Waals surface area (Å²) in [6.07, 6.45) is 4.83. The minimum atomic E-state index is -0.166. The molecule has 0 saturated carbocycles. The first-order valence-electron chi connectivity index (χ1n) is 9.61. The van der Waals surface area contributed by atoms with Gasteiger partial charge in [-0.05, 0) is 32.0 Å². The average Bonchev–Trinajstić information content (AvgIpc) is 3.33. The van der Waals surface area contributed by atoms with E-state index in [0.29, 0.717) is 36.2 Å². The highest BCUT2D eigenvalue weighted by atomic mass is 16.5. The molecule has 0 aliphatic carbocycles. The Kier molecular flexibility index (Phi) is 5.41. The largest absolute Gasteiger partial charge is 0.492 e. The summed E-state index contributed by atoms with van der Waals surface area (Å²) in [5.74, 6) is 2.15.